The highest BCUT2D eigenvalue weighted by Crippen LogP contribution is 2.45. The molecule has 3 rings (SSSR count). The van der Waals surface area contributed by atoms with E-state index in [0.29, 0.717) is 18.4 Å². The van der Waals surface area contributed by atoms with Gasteiger partial charge in [0.15, 0.2) is 8.32 Å². The number of nitrogens with zero attached hydrogens (tertiary/aromatic N) is 5. The van der Waals surface area contributed by atoms with Crippen molar-refractivity contribution in [1.82, 2.24) is 9.55 Å². The van der Waals surface area contributed by atoms with Gasteiger partial charge >= 0.3 is 5.97 Å². The highest BCUT2D eigenvalue weighted by molar-refractivity contribution is 6.72. The molecule has 9 nitrogen and oxygen atoms in total. The average molecular weight is 616 g/mol. The molecule has 0 amide bonds. The van der Waals surface area contributed by atoms with Crippen LogP contribution in [0.5, 0.6) is 0 Å². The van der Waals surface area contributed by atoms with Crippen molar-refractivity contribution in [3.05, 3.63) is 78.7 Å². The van der Waals surface area contributed by atoms with Crippen LogP contribution in [0.2, 0.25) is 23.2 Å². The third-order valence-corrected chi connectivity index (χ3v) is 12.0. The van der Waals surface area contributed by atoms with E-state index < -0.39 is 25.5 Å². The second-order valence-electron chi connectivity index (χ2n) is 12.8. The van der Waals surface area contributed by atoms with Gasteiger partial charge < -0.3 is 14.1 Å². The zero-order valence-electron chi connectivity index (χ0n) is 25.5. The van der Waals surface area contributed by atoms with E-state index in [9.17, 15) is 24.3 Å². The monoisotopic (exact) mass is 615 g/mol. The topological polar surface area (TPSA) is 130 Å². The van der Waals surface area contributed by atoms with Gasteiger partial charge in [-0.05, 0) is 77.2 Å². The quantitative estimate of drug-likeness (QED) is 0.0806. The van der Waals surface area contributed by atoms with Gasteiger partial charge in [0.05, 0.1) is 17.0 Å². The first-order valence-corrected chi connectivity index (χ1v) is 17.2. The SMILES string of the molecule is CCOC(=O)c1cn([C@H](CCC(C)(C)[Si](C)(C)O)C(C)(C)C)c2nc(N=[N+]=[N-])c(Cc3cccc(Cl)c3F)cc2c1=O. The average Bonchev–Trinajstić information content (AvgIpc) is 2.87. The number of ether oxygens (including phenoxy) is 1. The number of fused-ring (bicyclic) bond motifs is 1. The largest absolute Gasteiger partial charge is 0.462 e. The van der Waals surface area contributed by atoms with Gasteiger partial charge in [-0.2, -0.15) is 0 Å². The lowest BCUT2D eigenvalue weighted by atomic mass is 9.82. The van der Waals surface area contributed by atoms with Gasteiger partial charge in [-0.25, -0.2) is 14.2 Å². The Bertz CT molecular complexity index is 1600. The van der Waals surface area contributed by atoms with Gasteiger partial charge in [-0.15, -0.1) is 0 Å². The molecule has 0 radical (unpaired) electrons. The normalized spacial score (nSPS) is 13.1. The predicted octanol–water partition coefficient (Wildman–Crippen LogP) is 8.24. The van der Waals surface area contributed by atoms with Crippen LogP contribution in [0.15, 0.2) is 40.4 Å². The van der Waals surface area contributed by atoms with Crippen LogP contribution in [0.4, 0.5) is 10.2 Å². The van der Waals surface area contributed by atoms with E-state index in [2.05, 4.69) is 15.0 Å². The van der Waals surface area contributed by atoms with Crippen molar-refractivity contribution >= 4 is 42.7 Å². The molecule has 0 unspecified atom stereocenters. The Morgan fingerprint density at radius 2 is 1.93 bits per heavy atom. The summed E-state index contributed by atoms with van der Waals surface area (Å²) in [6, 6.07) is 5.78. The summed E-state index contributed by atoms with van der Waals surface area (Å²) in [5, 5.41) is 3.50. The standard InChI is InChI=1S/C30H39ClFN5O4Si/c1-9-41-28(39)21-17-37(23(29(2,3)4)13-14-30(5,6)42(7,8)40)27-20(25(21)38)16-19(26(34-27)35-36-33)15-18-11-10-12-22(31)24(18)32/h10-12,16-17,23,40H,9,13-15H2,1-8H3/t23-/m1/s1. The molecule has 1 N–H and O–H groups in total. The van der Waals surface area contributed by atoms with E-state index in [1.54, 1.807) is 23.6 Å². The number of carbonyl (C=O) groups excluding carboxylic acids is 1. The van der Waals surface area contributed by atoms with E-state index in [-0.39, 0.29) is 62.5 Å². The van der Waals surface area contributed by atoms with Crippen molar-refractivity contribution in [2.24, 2.45) is 10.5 Å². The van der Waals surface area contributed by atoms with Crippen molar-refractivity contribution in [1.29, 1.82) is 0 Å². The highest BCUT2D eigenvalue weighted by Gasteiger charge is 2.40. The number of esters is 1. The number of pyridine rings is 2. The van der Waals surface area contributed by atoms with Crippen LogP contribution in [0.3, 0.4) is 0 Å². The number of halogens is 2. The molecule has 12 heteroatoms. The molecule has 0 aliphatic heterocycles. The third-order valence-electron chi connectivity index (χ3n) is 8.14. The van der Waals surface area contributed by atoms with E-state index in [1.165, 1.54) is 18.3 Å². The molecule has 2 heterocycles. The molecular formula is C30H39ClFN5O4Si. The van der Waals surface area contributed by atoms with E-state index >= 15 is 0 Å². The number of hydrogen-bond acceptors (Lipinski definition) is 6. The van der Waals surface area contributed by atoms with Crippen LogP contribution in [0.25, 0.3) is 21.5 Å². The van der Waals surface area contributed by atoms with Crippen molar-refractivity contribution in [3.8, 4) is 0 Å². The summed E-state index contributed by atoms with van der Waals surface area (Å²) >= 11 is 5.98. The number of azide groups is 1. The summed E-state index contributed by atoms with van der Waals surface area (Å²) in [4.78, 5) is 45.2. The summed E-state index contributed by atoms with van der Waals surface area (Å²) in [5.74, 6) is -1.41. The first kappa shape index (κ1) is 33.3. The lowest BCUT2D eigenvalue weighted by Crippen LogP contribution is -2.40. The maximum Gasteiger partial charge on any atom is 0.343 e. The summed E-state index contributed by atoms with van der Waals surface area (Å²) in [5.41, 5.74) is 8.96. The number of rotatable bonds is 10. The van der Waals surface area contributed by atoms with E-state index in [0.717, 1.165) is 0 Å². The molecule has 3 aromatic rings. The zero-order valence-corrected chi connectivity index (χ0v) is 27.2. The minimum Gasteiger partial charge on any atom is -0.462 e. The second-order valence-corrected chi connectivity index (χ2v) is 17.7. The van der Waals surface area contributed by atoms with Gasteiger partial charge in [0, 0.05) is 23.6 Å². The molecule has 42 heavy (non-hydrogen) atoms. The van der Waals surface area contributed by atoms with E-state index in [4.69, 9.17) is 16.3 Å². The Hall–Kier alpha value is -3.24. The molecule has 0 aliphatic rings. The Balaban J connectivity index is 2.37. The van der Waals surface area contributed by atoms with Crippen LogP contribution >= 0.6 is 11.6 Å². The maximum atomic E-state index is 14.8. The number of hydrogen-bond donors (Lipinski definition) is 1. The first-order valence-electron chi connectivity index (χ1n) is 13.9. The minimum absolute atomic E-state index is 0.0155. The zero-order chi connectivity index (χ0) is 31.6. The van der Waals surface area contributed by atoms with Crippen LogP contribution in [0.1, 0.15) is 81.9 Å². The molecule has 0 aliphatic carbocycles. The Morgan fingerprint density at radius 3 is 2.50 bits per heavy atom. The smallest absolute Gasteiger partial charge is 0.343 e. The molecule has 226 valence electrons. The minimum atomic E-state index is -2.53. The summed E-state index contributed by atoms with van der Waals surface area (Å²) in [7, 11) is -2.53. The van der Waals surface area contributed by atoms with Crippen LogP contribution in [-0.2, 0) is 11.2 Å². The second kappa shape index (κ2) is 12.5. The van der Waals surface area contributed by atoms with Gasteiger partial charge in [0.25, 0.3) is 0 Å². The Kier molecular flexibility index (Phi) is 9.94. The highest BCUT2D eigenvalue weighted by atomic mass is 35.5. The number of carbonyl (C=O) groups is 1. The Morgan fingerprint density at radius 1 is 1.26 bits per heavy atom. The molecule has 1 atom stereocenters. The summed E-state index contributed by atoms with van der Waals surface area (Å²) in [6.45, 7) is 15.8. The molecule has 0 spiro atoms. The van der Waals surface area contributed by atoms with Crippen LogP contribution in [0, 0.1) is 11.2 Å². The molecule has 2 aromatic heterocycles. The fourth-order valence-electron chi connectivity index (χ4n) is 4.84. The predicted molar refractivity (Wildman–Crippen MR) is 166 cm³/mol. The molecule has 0 saturated carbocycles. The van der Waals surface area contributed by atoms with Gasteiger partial charge in [0.2, 0.25) is 5.43 Å². The van der Waals surface area contributed by atoms with Crippen molar-refractivity contribution in [2.75, 3.05) is 6.61 Å². The van der Waals surface area contributed by atoms with Gasteiger partial charge in [-0.3, -0.25) is 4.79 Å². The maximum absolute atomic E-state index is 14.8. The van der Waals surface area contributed by atoms with Crippen LogP contribution < -0.4 is 5.43 Å². The molecule has 1 aromatic carbocycles. The third kappa shape index (κ3) is 7.03. The Labute approximate surface area is 251 Å². The van der Waals surface area contributed by atoms with Crippen molar-refractivity contribution < 1.29 is 18.7 Å². The molecule has 0 saturated heterocycles. The van der Waals surface area contributed by atoms with Gasteiger partial charge in [-0.1, -0.05) is 58.4 Å². The van der Waals surface area contributed by atoms with Crippen molar-refractivity contribution in [2.45, 2.75) is 85.0 Å². The fraction of sp³-hybridized carbons (Fsp3) is 0.500. The molecular weight excluding hydrogens is 577 g/mol. The van der Waals surface area contributed by atoms with Gasteiger partial charge in [0.1, 0.15) is 22.8 Å². The van der Waals surface area contributed by atoms with E-state index in [1.807, 2.05) is 47.7 Å². The summed E-state index contributed by atoms with van der Waals surface area (Å²) in [6.07, 6.45) is 2.68. The number of aromatic nitrogens is 2. The molecule has 0 fully saturated rings. The van der Waals surface area contributed by atoms with Crippen molar-refractivity contribution in [3.63, 3.8) is 0 Å². The number of benzene rings is 1. The van der Waals surface area contributed by atoms with Crippen LogP contribution in [-0.4, -0.2) is 35.2 Å². The molecule has 0 bridgehead atoms. The summed E-state index contributed by atoms with van der Waals surface area (Å²) < 4.78 is 21.8. The lowest BCUT2D eigenvalue weighted by molar-refractivity contribution is 0.0523. The lowest BCUT2D eigenvalue weighted by Gasteiger charge is -2.39. The first-order chi connectivity index (χ1) is 19.4. The fourth-order valence-corrected chi connectivity index (χ4v) is 5.79.